The van der Waals surface area contributed by atoms with Crippen LogP contribution in [-0.2, 0) is 4.79 Å². The second kappa shape index (κ2) is 4.37. The molecule has 0 saturated heterocycles. The van der Waals surface area contributed by atoms with Gasteiger partial charge in [0.25, 0.3) is 0 Å². The van der Waals surface area contributed by atoms with E-state index >= 15 is 0 Å². The second-order valence-corrected chi connectivity index (χ2v) is 4.76. The van der Waals surface area contributed by atoms with Gasteiger partial charge in [-0.3, -0.25) is 4.79 Å². The highest BCUT2D eigenvalue weighted by Gasteiger charge is 2.26. The van der Waals surface area contributed by atoms with E-state index < -0.39 is 6.10 Å². The third-order valence-corrected chi connectivity index (χ3v) is 3.07. The Labute approximate surface area is 91.9 Å². The van der Waals surface area contributed by atoms with E-state index in [9.17, 15) is 9.90 Å². The zero-order valence-corrected chi connectivity index (χ0v) is 9.96. The molecule has 0 aliphatic heterocycles. The highest BCUT2D eigenvalue weighted by Crippen LogP contribution is 2.32. The van der Waals surface area contributed by atoms with Gasteiger partial charge in [-0.05, 0) is 55.4 Å². The van der Waals surface area contributed by atoms with Crippen LogP contribution in [0.15, 0.2) is 20.8 Å². The van der Waals surface area contributed by atoms with Crippen LogP contribution in [0.25, 0.3) is 0 Å². The van der Waals surface area contributed by atoms with Crippen LogP contribution in [0, 0.1) is 0 Å². The first kappa shape index (κ1) is 10.9. The first-order valence-electron chi connectivity index (χ1n) is 4.28. The molecule has 2 nitrogen and oxygen atoms in total. The van der Waals surface area contributed by atoms with Gasteiger partial charge in [-0.25, -0.2) is 0 Å². The normalized spacial score (nSPS) is 22.0. The third-order valence-electron chi connectivity index (χ3n) is 1.95. The van der Waals surface area contributed by atoms with E-state index in [1.54, 1.807) is 6.08 Å². The Morgan fingerprint density at radius 3 is 2.62 bits per heavy atom. The largest absolute Gasteiger partial charge is 0.388 e. The van der Waals surface area contributed by atoms with Crippen LogP contribution >= 0.6 is 22.6 Å². The molecule has 1 rings (SSSR count). The van der Waals surface area contributed by atoms with Gasteiger partial charge in [0.2, 0.25) is 0 Å². The maximum atomic E-state index is 11.6. The summed E-state index contributed by atoms with van der Waals surface area (Å²) in [5, 5.41) is 9.53. The number of aliphatic hydroxyl groups excluding tert-OH is 1. The number of halogens is 1. The van der Waals surface area contributed by atoms with Crippen molar-refractivity contribution in [3.63, 3.8) is 0 Å². The van der Waals surface area contributed by atoms with E-state index in [4.69, 9.17) is 0 Å². The molecule has 0 aromatic carbocycles. The molecule has 0 heterocycles. The number of ketones is 1. The molecular formula is C10H13IO2. The van der Waals surface area contributed by atoms with Gasteiger partial charge in [-0.1, -0.05) is 5.57 Å². The van der Waals surface area contributed by atoms with Crippen molar-refractivity contribution >= 4 is 28.4 Å². The molecule has 0 aromatic heterocycles. The van der Waals surface area contributed by atoms with Crippen molar-refractivity contribution in [2.24, 2.45) is 0 Å². The molecule has 0 radical (unpaired) electrons. The van der Waals surface area contributed by atoms with Crippen LogP contribution in [0.3, 0.4) is 0 Å². The Kier molecular flexibility index (Phi) is 3.67. The van der Waals surface area contributed by atoms with Gasteiger partial charge >= 0.3 is 0 Å². The summed E-state index contributed by atoms with van der Waals surface area (Å²) in [6.45, 7) is 3.76. The first-order valence-corrected chi connectivity index (χ1v) is 5.36. The quantitative estimate of drug-likeness (QED) is 0.626. The molecule has 72 valence electrons. The summed E-state index contributed by atoms with van der Waals surface area (Å²) in [4.78, 5) is 11.6. The van der Waals surface area contributed by atoms with Gasteiger partial charge in [0, 0.05) is 9.15 Å². The minimum absolute atomic E-state index is 0.0330. The molecule has 0 spiro atoms. The molecule has 1 unspecified atom stereocenters. The molecule has 0 fully saturated rings. The van der Waals surface area contributed by atoms with E-state index in [1.165, 1.54) is 0 Å². The predicted octanol–water partition coefficient (Wildman–Crippen LogP) is 2.37. The van der Waals surface area contributed by atoms with Gasteiger partial charge in [-0.2, -0.15) is 0 Å². The van der Waals surface area contributed by atoms with Crippen LogP contribution < -0.4 is 0 Å². The van der Waals surface area contributed by atoms with Crippen LogP contribution in [-0.4, -0.2) is 17.0 Å². The fourth-order valence-corrected chi connectivity index (χ4v) is 2.30. The SMILES string of the molecule is CC(C)=CC(=O)C1=C(I)CCC1O. The van der Waals surface area contributed by atoms with Gasteiger partial charge in [0.15, 0.2) is 5.78 Å². The smallest absolute Gasteiger partial charge is 0.185 e. The summed E-state index contributed by atoms with van der Waals surface area (Å²) < 4.78 is 1.01. The first-order chi connectivity index (χ1) is 6.02. The fourth-order valence-electron chi connectivity index (χ4n) is 1.36. The van der Waals surface area contributed by atoms with Crippen molar-refractivity contribution in [1.29, 1.82) is 0 Å². The number of allylic oxidation sites excluding steroid dienone is 3. The lowest BCUT2D eigenvalue weighted by atomic mass is 10.1. The third kappa shape index (κ3) is 2.64. The summed E-state index contributed by atoms with van der Waals surface area (Å²) in [7, 11) is 0. The molecule has 1 aliphatic carbocycles. The van der Waals surface area contributed by atoms with Crippen LogP contribution in [0.1, 0.15) is 26.7 Å². The average molecular weight is 292 g/mol. The van der Waals surface area contributed by atoms with Crippen molar-refractivity contribution in [2.75, 3.05) is 0 Å². The van der Waals surface area contributed by atoms with E-state index in [-0.39, 0.29) is 5.78 Å². The van der Waals surface area contributed by atoms with E-state index in [2.05, 4.69) is 22.6 Å². The minimum atomic E-state index is -0.546. The standard InChI is InChI=1S/C10H13IO2/c1-6(2)5-9(13)10-7(11)3-4-8(10)12/h5,8,12H,3-4H2,1-2H3. The summed E-state index contributed by atoms with van der Waals surface area (Å²) in [5.74, 6) is -0.0330. The van der Waals surface area contributed by atoms with Crippen molar-refractivity contribution in [1.82, 2.24) is 0 Å². The average Bonchev–Trinajstić information content (AvgIpc) is 2.29. The monoisotopic (exact) mass is 292 g/mol. The molecular weight excluding hydrogens is 279 g/mol. The highest BCUT2D eigenvalue weighted by molar-refractivity contribution is 14.1. The zero-order chi connectivity index (χ0) is 10.0. The molecule has 1 N–H and O–H groups in total. The van der Waals surface area contributed by atoms with E-state index in [1.807, 2.05) is 13.8 Å². The van der Waals surface area contributed by atoms with Gasteiger partial charge < -0.3 is 5.11 Å². The maximum absolute atomic E-state index is 11.6. The lowest BCUT2D eigenvalue weighted by molar-refractivity contribution is -0.112. The minimum Gasteiger partial charge on any atom is -0.388 e. The molecule has 3 heteroatoms. The lowest BCUT2D eigenvalue weighted by Crippen LogP contribution is -2.12. The molecule has 1 aliphatic rings. The predicted molar refractivity (Wildman–Crippen MR) is 60.7 cm³/mol. The van der Waals surface area contributed by atoms with Crippen molar-refractivity contribution in [2.45, 2.75) is 32.8 Å². The molecule has 0 amide bonds. The summed E-state index contributed by atoms with van der Waals surface area (Å²) in [5.41, 5.74) is 1.57. The summed E-state index contributed by atoms with van der Waals surface area (Å²) in [6.07, 6.45) is 2.56. The van der Waals surface area contributed by atoms with E-state index in [0.717, 1.165) is 15.6 Å². The van der Waals surface area contributed by atoms with Crippen LogP contribution in [0.5, 0.6) is 0 Å². The number of hydrogen-bond donors (Lipinski definition) is 1. The van der Waals surface area contributed by atoms with E-state index in [0.29, 0.717) is 12.0 Å². The maximum Gasteiger partial charge on any atom is 0.185 e. The number of aliphatic hydroxyl groups is 1. The summed E-state index contributed by atoms with van der Waals surface area (Å²) >= 11 is 2.14. The van der Waals surface area contributed by atoms with Crippen LogP contribution in [0.2, 0.25) is 0 Å². The van der Waals surface area contributed by atoms with Gasteiger partial charge in [0.1, 0.15) is 0 Å². The van der Waals surface area contributed by atoms with Crippen molar-refractivity contribution in [3.05, 3.63) is 20.8 Å². The van der Waals surface area contributed by atoms with Gasteiger partial charge in [0.05, 0.1) is 6.10 Å². The molecule has 0 aromatic rings. The summed E-state index contributed by atoms with van der Waals surface area (Å²) in [6, 6.07) is 0. The fraction of sp³-hybridized carbons (Fsp3) is 0.500. The highest BCUT2D eigenvalue weighted by atomic mass is 127. The molecule has 13 heavy (non-hydrogen) atoms. The molecule has 1 atom stereocenters. The molecule has 0 saturated carbocycles. The number of carbonyl (C=O) groups excluding carboxylic acids is 1. The Morgan fingerprint density at radius 2 is 2.23 bits per heavy atom. The zero-order valence-electron chi connectivity index (χ0n) is 7.80. The van der Waals surface area contributed by atoms with Crippen molar-refractivity contribution < 1.29 is 9.90 Å². The second-order valence-electron chi connectivity index (χ2n) is 3.46. The number of rotatable bonds is 2. The van der Waals surface area contributed by atoms with Crippen LogP contribution in [0.4, 0.5) is 0 Å². The molecule has 0 bridgehead atoms. The Bertz CT molecular complexity index is 285. The number of hydrogen-bond acceptors (Lipinski definition) is 2. The number of carbonyl (C=O) groups is 1. The Balaban J connectivity index is 2.88. The van der Waals surface area contributed by atoms with Crippen molar-refractivity contribution in [3.8, 4) is 0 Å². The lowest BCUT2D eigenvalue weighted by Gasteiger charge is -2.04. The Morgan fingerprint density at radius 1 is 1.62 bits per heavy atom. The Hall–Kier alpha value is -0.160. The topological polar surface area (TPSA) is 37.3 Å². The van der Waals surface area contributed by atoms with Gasteiger partial charge in [-0.15, -0.1) is 0 Å².